The molecule has 0 spiro atoms. The van der Waals surface area contributed by atoms with E-state index in [-0.39, 0.29) is 18.4 Å². The quantitative estimate of drug-likeness (QED) is 0.814. The molecule has 0 bridgehead atoms. The van der Waals surface area contributed by atoms with Crippen molar-refractivity contribution >= 4 is 22.4 Å². The summed E-state index contributed by atoms with van der Waals surface area (Å²) in [4.78, 5) is 4.26. The van der Waals surface area contributed by atoms with E-state index in [0.717, 1.165) is 29.0 Å². The van der Waals surface area contributed by atoms with Gasteiger partial charge in [0, 0.05) is 23.5 Å². The number of aromatic nitrogens is 1. The molecule has 0 fully saturated rings. The van der Waals surface area contributed by atoms with Crippen molar-refractivity contribution in [1.29, 1.82) is 0 Å². The first-order chi connectivity index (χ1) is 11.8. The molecular formula is C19H25ClN2O3S. The second-order valence-electron chi connectivity index (χ2n) is 6.84. The number of nitrogens with one attached hydrogen (secondary N) is 1. The second-order valence-corrected chi connectivity index (χ2v) is 9.11. The van der Waals surface area contributed by atoms with E-state index in [1.54, 1.807) is 13.8 Å². The number of hydrogen-bond donors (Lipinski definition) is 1. The molecule has 1 aromatic heterocycles. The number of hydrogen-bond acceptors (Lipinski definition) is 4. The lowest BCUT2D eigenvalue weighted by atomic mass is 10.1. The van der Waals surface area contributed by atoms with Gasteiger partial charge in [0.05, 0.1) is 5.25 Å². The smallest absolute Gasteiger partial charge is 0.214 e. The number of rotatable bonds is 6. The van der Waals surface area contributed by atoms with Crippen LogP contribution >= 0.6 is 12.4 Å². The summed E-state index contributed by atoms with van der Waals surface area (Å²) in [6, 6.07) is 9.89. The molecule has 2 aromatic rings. The maximum Gasteiger partial charge on any atom is 0.214 e. The number of halogens is 1. The summed E-state index contributed by atoms with van der Waals surface area (Å²) in [5.74, 6) is 0.798. The van der Waals surface area contributed by atoms with Gasteiger partial charge in [0.2, 0.25) is 10.0 Å². The molecule has 0 amide bonds. The third kappa shape index (κ3) is 4.96. The number of pyridine rings is 1. The van der Waals surface area contributed by atoms with Crippen LogP contribution in [0.25, 0.3) is 0 Å². The van der Waals surface area contributed by atoms with E-state index < -0.39 is 15.3 Å². The molecule has 0 unspecified atom stereocenters. The number of aryl methyl sites for hydroxylation is 1. The summed E-state index contributed by atoms with van der Waals surface area (Å²) in [5, 5.41) is -0.418. The number of sulfonamides is 1. The Hall–Kier alpha value is -1.63. The van der Waals surface area contributed by atoms with E-state index in [1.165, 1.54) is 5.56 Å². The first kappa shape index (κ1) is 20.7. The number of nitrogens with zero attached hydrogens (tertiary/aromatic N) is 1. The van der Waals surface area contributed by atoms with E-state index in [2.05, 4.69) is 9.71 Å². The maximum atomic E-state index is 12.0. The fraction of sp³-hybridized carbons (Fsp3) is 0.421. The lowest BCUT2D eigenvalue weighted by molar-refractivity contribution is 0.305. The van der Waals surface area contributed by atoms with Crippen molar-refractivity contribution in [1.82, 2.24) is 9.71 Å². The lowest BCUT2D eigenvalue weighted by Gasteiger charge is -2.14. The third-order valence-corrected chi connectivity index (χ3v) is 6.34. The van der Waals surface area contributed by atoms with Crippen LogP contribution in [0.2, 0.25) is 0 Å². The fourth-order valence-corrected chi connectivity index (χ4v) is 3.79. The number of benzene rings is 1. The lowest BCUT2D eigenvalue weighted by Crippen LogP contribution is -2.39. The van der Waals surface area contributed by atoms with Crippen LogP contribution < -0.4 is 9.46 Å². The van der Waals surface area contributed by atoms with Gasteiger partial charge in [-0.2, -0.15) is 0 Å². The van der Waals surface area contributed by atoms with E-state index in [4.69, 9.17) is 4.74 Å². The average molecular weight is 397 g/mol. The van der Waals surface area contributed by atoms with Gasteiger partial charge >= 0.3 is 0 Å². The Bertz CT molecular complexity index is 852. The molecule has 1 heterocycles. The van der Waals surface area contributed by atoms with Crippen molar-refractivity contribution in [2.45, 2.75) is 51.5 Å². The Labute approximate surface area is 161 Å². The third-order valence-electron chi connectivity index (χ3n) is 4.44. The summed E-state index contributed by atoms with van der Waals surface area (Å²) in [7, 11) is -3.25. The zero-order valence-electron chi connectivity index (χ0n) is 15.2. The minimum atomic E-state index is -3.25. The van der Waals surface area contributed by atoms with Crippen LogP contribution in [-0.4, -0.2) is 24.7 Å². The van der Waals surface area contributed by atoms with Gasteiger partial charge in [-0.05, 0) is 62.9 Å². The standard InChI is InChI=1S/C19H24N2O3S.ClH/c1-13(2)25(22,23)21-18-8-16-6-7-19(10-17(16)9-18)24-12-15-5-4-14(3)20-11-15;/h4-7,10-11,13,18,21H,8-9,12H2,1-3H3;1H/t18-;/m0./s1. The molecule has 7 heteroatoms. The summed E-state index contributed by atoms with van der Waals surface area (Å²) in [6.45, 7) is 5.80. The van der Waals surface area contributed by atoms with Gasteiger partial charge in [-0.25, -0.2) is 13.1 Å². The van der Waals surface area contributed by atoms with Crippen molar-refractivity contribution in [3.63, 3.8) is 0 Å². The highest BCUT2D eigenvalue weighted by Gasteiger charge is 2.27. The second kappa shape index (κ2) is 8.37. The maximum absolute atomic E-state index is 12.0. The van der Waals surface area contributed by atoms with Gasteiger partial charge in [-0.15, -0.1) is 12.4 Å². The molecular weight excluding hydrogens is 372 g/mol. The molecule has 1 aromatic carbocycles. The molecule has 1 aliphatic carbocycles. The molecule has 0 aliphatic heterocycles. The summed E-state index contributed by atoms with van der Waals surface area (Å²) in [6.07, 6.45) is 3.24. The van der Waals surface area contributed by atoms with Crippen molar-refractivity contribution in [2.75, 3.05) is 0 Å². The predicted octanol–water partition coefficient (Wildman–Crippen LogP) is 3.19. The Morgan fingerprint density at radius 2 is 1.92 bits per heavy atom. The normalized spacial score (nSPS) is 16.2. The molecule has 142 valence electrons. The molecule has 26 heavy (non-hydrogen) atoms. The monoisotopic (exact) mass is 396 g/mol. The van der Waals surface area contributed by atoms with Gasteiger partial charge in [0.1, 0.15) is 12.4 Å². The van der Waals surface area contributed by atoms with Crippen LogP contribution in [-0.2, 0) is 29.5 Å². The summed E-state index contributed by atoms with van der Waals surface area (Å²) >= 11 is 0. The Balaban J connectivity index is 0.00000243. The molecule has 1 N–H and O–H groups in total. The minimum absolute atomic E-state index is 0. The van der Waals surface area contributed by atoms with Crippen molar-refractivity contribution in [3.05, 3.63) is 58.9 Å². The van der Waals surface area contributed by atoms with Crippen LogP contribution in [0.4, 0.5) is 0 Å². The van der Waals surface area contributed by atoms with Crippen molar-refractivity contribution < 1.29 is 13.2 Å². The van der Waals surface area contributed by atoms with E-state index in [0.29, 0.717) is 13.0 Å². The highest BCUT2D eigenvalue weighted by atomic mass is 35.5. The first-order valence-electron chi connectivity index (χ1n) is 8.51. The molecule has 0 saturated carbocycles. The number of fused-ring (bicyclic) bond motifs is 1. The van der Waals surface area contributed by atoms with Crippen LogP contribution in [0, 0.1) is 6.92 Å². The van der Waals surface area contributed by atoms with E-state index in [9.17, 15) is 8.42 Å². The van der Waals surface area contributed by atoms with Crippen LogP contribution in [0.5, 0.6) is 5.75 Å². The van der Waals surface area contributed by atoms with Crippen molar-refractivity contribution in [2.24, 2.45) is 0 Å². The molecule has 1 aliphatic rings. The van der Waals surface area contributed by atoms with Gasteiger partial charge in [-0.1, -0.05) is 12.1 Å². The van der Waals surface area contributed by atoms with Gasteiger partial charge in [0.15, 0.2) is 0 Å². The number of ether oxygens (including phenoxy) is 1. The summed E-state index contributed by atoms with van der Waals surface area (Å²) in [5.41, 5.74) is 4.33. The van der Waals surface area contributed by atoms with Gasteiger partial charge in [0.25, 0.3) is 0 Å². The average Bonchev–Trinajstić information content (AvgIpc) is 2.94. The Morgan fingerprint density at radius 1 is 1.19 bits per heavy atom. The topological polar surface area (TPSA) is 68.3 Å². The highest BCUT2D eigenvalue weighted by molar-refractivity contribution is 7.90. The van der Waals surface area contributed by atoms with E-state index in [1.807, 2.05) is 43.5 Å². The largest absolute Gasteiger partial charge is 0.489 e. The highest BCUT2D eigenvalue weighted by Crippen LogP contribution is 2.27. The molecule has 0 radical (unpaired) electrons. The predicted molar refractivity (Wildman–Crippen MR) is 105 cm³/mol. The Morgan fingerprint density at radius 3 is 2.58 bits per heavy atom. The molecule has 0 saturated heterocycles. The SMILES string of the molecule is Cc1ccc(COc2ccc3c(c2)C[C@@H](NS(=O)(=O)C(C)C)C3)cn1.Cl. The van der Waals surface area contributed by atoms with Crippen LogP contribution in [0.1, 0.15) is 36.2 Å². The zero-order chi connectivity index (χ0) is 18.0. The van der Waals surface area contributed by atoms with E-state index >= 15 is 0 Å². The van der Waals surface area contributed by atoms with Gasteiger partial charge < -0.3 is 4.74 Å². The van der Waals surface area contributed by atoms with Crippen LogP contribution in [0.3, 0.4) is 0 Å². The van der Waals surface area contributed by atoms with Crippen LogP contribution in [0.15, 0.2) is 36.5 Å². The first-order valence-corrected chi connectivity index (χ1v) is 10.1. The fourth-order valence-electron chi connectivity index (χ4n) is 2.89. The zero-order valence-corrected chi connectivity index (χ0v) is 16.9. The molecule has 3 rings (SSSR count). The van der Waals surface area contributed by atoms with Gasteiger partial charge in [-0.3, -0.25) is 4.98 Å². The summed E-state index contributed by atoms with van der Waals surface area (Å²) < 4.78 is 32.8. The molecule has 1 atom stereocenters. The van der Waals surface area contributed by atoms with Crippen molar-refractivity contribution in [3.8, 4) is 5.75 Å². The molecule has 5 nitrogen and oxygen atoms in total. The Kier molecular flexibility index (Phi) is 6.66. The minimum Gasteiger partial charge on any atom is -0.489 e.